The van der Waals surface area contributed by atoms with Crippen molar-refractivity contribution < 1.29 is 19.6 Å². The zero-order valence-corrected chi connectivity index (χ0v) is 13.9. The predicted octanol–water partition coefficient (Wildman–Crippen LogP) is 2.37. The minimum absolute atomic E-state index is 0.123. The summed E-state index contributed by atoms with van der Waals surface area (Å²) in [7, 11) is 1.57. The molecule has 3 atom stereocenters. The fraction of sp³-hybridized carbons (Fsp3) is 0.538. The zero-order valence-electron chi connectivity index (χ0n) is 12.4. The maximum absolute atomic E-state index is 11.1. The summed E-state index contributed by atoms with van der Waals surface area (Å²) in [5.41, 5.74) is 0.211. The van der Waals surface area contributed by atoms with Gasteiger partial charge in [0.15, 0.2) is 0 Å². The summed E-state index contributed by atoms with van der Waals surface area (Å²) in [6.07, 6.45) is 1.68. The second-order valence-electron chi connectivity index (χ2n) is 5.33. The topological polar surface area (TPSA) is 127 Å². The minimum Gasteiger partial charge on any atom is -0.465 e. The van der Waals surface area contributed by atoms with Crippen LogP contribution in [0.3, 0.4) is 0 Å². The van der Waals surface area contributed by atoms with E-state index in [1.54, 1.807) is 7.11 Å². The van der Waals surface area contributed by atoms with Gasteiger partial charge >= 0.3 is 11.8 Å². The van der Waals surface area contributed by atoms with E-state index in [9.17, 15) is 14.9 Å². The van der Waals surface area contributed by atoms with Crippen molar-refractivity contribution in [1.82, 2.24) is 10.3 Å². The number of nitrogens with one attached hydrogen (secondary N) is 2. The highest BCUT2D eigenvalue weighted by molar-refractivity contribution is 9.10. The molecule has 1 aliphatic carbocycles. The summed E-state index contributed by atoms with van der Waals surface area (Å²) in [5, 5.41) is 25.5. The molecular formula is C13H17BrN4O5. The summed E-state index contributed by atoms with van der Waals surface area (Å²) in [4.78, 5) is 25.3. The number of nitrogens with zero attached hydrogens (tertiary/aromatic N) is 2. The number of methoxy groups -OCH3 is 1. The first kappa shape index (κ1) is 17.4. The van der Waals surface area contributed by atoms with Gasteiger partial charge < -0.3 is 20.5 Å². The lowest BCUT2D eigenvalue weighted by Crippen LogP contribution is -2.46. The van der Waals surface area contributed by atoms with Gasteiger partial charge in [-0.3, -0.25) is 10.1 Å². The van der Waals surface area contributed by atoms with Crippen LogP contribution in [0.2, 0.25) is 0 Å². The smallest absolute Gasteiger partial charge is 0.404 e. The minimum atomic E-state index is -1.09. The molecule has 0 aliphatic heterocycles. The van der Waals surface area contributed by atoms with Crippen LogP contribution in [0, 0.1) is 10.1 Å². The van der Waals surface area contributed by atoms with Crippen molar-refractivity contribution in [3.8, 4) is 0 Å². The van der Waals surface area contributed by atoms with E-state index >= 15 is 0 Å². The van der Waals surface area contributed by atoms with Gasteiger partial charge in [-0.2, -0.15) is 0 Å². The monoisotopic (exact) mass is 388 g/mol. The Labute approximate surface area is 140 Å². The average Bonchev–Trinajstić information content (AvgIpc) is 2.45. The Hall–Kier alpha value is -1.94. The number of halogens is 1. The SMILES string of the molecule is COC1CC(NC(=O)O)CC(Nc2cc(Br)ncc2[N+](=O)[O-])C1. The molecule has 1 amide bonds. The fourth-order valence-corrected chi connectivity index (χ4v) is 3.10. The summed E-state index contributed by atoms with van der Waals surface area (Å²) in [5.74, 6) is 0. The standard InChI is InChI=1S/C13H17BrN4O5/c1-23-9-3-7(2-8(4-9)17-13(19)20)16-10-5-12(14)15-6-11(10)18(21)22/h5-9,17H,2-4H2,1H3,(H,15,16)(H,19,20). The van der Waals surface area contributed by atoms with E-state index in [2.05, 4.69) is 31.5 Å². The van der Waals surface area contributed by atoms with Crippen molar-refractivity contribution >= 4 is 33.4 Å². The van der Waals surface area contributed by atoms with Crippen LogP contribution in [0.25, 0.3) is 0 Å². The normalized spacial score (nSPS) is 24.0. The molecule has 3 unspecified atom stereocenters. The van der Waals surface area contributed by atoms with E-state index in [-0.39, 0.29) is 23.9 Å². The highest BCUT2D eigenvalue weighted by Gasteiger charge is 2.31. The van der Waals surface area contributed by atoms with Crippen LogP contribution in [0.15, 0.2) is 16.9 Å². The predicted molar refractivity (Wildman–Crippen MR) is 85.6 cm³/mol. The third-order valence-corrected chi connectivity index (χ3v) is 4.16. The molecule has 0 bridgehead atoms. The van der Waals surface area contributed by atoms with Crippen LogP contribution in [0.5, 0.6) is 0 Å². The van der Waals surface area contributed by atoms with Crippen LogP contribution in [0.1, 0.15) is 19.3 Å². The average molecular weight is 389 g/mol. The lowest BCUT2D eigenvalue weighted by molar-refractivity contribution is -0.384. The first-order valence-corrected chi connectivity index (χ1v) is 7.77. The van der Waals surface area contributed by atoms with Crippen LogP contribution in [-0.2, 0) is 4.74 Å². The molecule has 10 heteroatoms. The van der Waals surface area contributed by atoms with Crippen LogP contribution >= 0.6 is 15.9 Å². The molecule has 1 fully saturated rings. The number of pyridine rings is 1. The molecule has 1 aliphatic rings. The van der Waals surface area contributed by atoms with Crippen LogP contribution in [0.4, 0.5) is 16.2 Å². The number of carbonyl (C=O) groups is 1. The number of rotatable bonds is 5. The number of ether oxygens (including phenoxy) is 1. The van der Waals surface area contributed by atoms with E-state index in [1.807, 2.05) is 0 Å². The Bertz CT molecular complexity index is 600. The van der Waals surface area contributed by atoms with Crippen molar-refractivity contribution in [2.75, 3.05) is 12.4 Å². The molecule has 0 aromatic carbocycles. The molecular weight excluding hydrogens is 372 g/mol. The van der Waals surface area contributed by atoms with Gasteiger partial charge in [-0.05, 0) is 35.2 Å². The van der Waals surface area contributed by atoms with Gasteiger partial charge in [0.2, 0.25) is 0 Å². The molecule has 126 valence electrons. The number of nitro groups is 1. The van der Waals surface area contributed by atoms with Gasteiger partial charge in [-0.25, -0.2) is 9.78 Å². The maximum atomic E-state index is 11.1. The van der Waals surface area contributed by atoms with Gasteiger partial charge in [0.25, 0.3) is 0 Å². The number of hydrogen-bond donors (Lipinski definition) is 3. The van der Waals surface area contributed by atoms with Gasteiger partial charge in [0.1, 0.15) is 16.5 Å². The van der Waals surface area contributed by atoms with Gasteiger partial charge in [0.05, 0.1) is 11.0 Å². The van der Waals surface area contributed by atoms with Crippen molar-refractivity contribution in [3.05, 3.63) is 27.0 Å². The molecule has 0 saturated heterocycles. The zero-order chi connectivity index (χ0) is 17.0. The molecule has 1 saturated carbocycles. The number of carboxylic acid groups (broad SMARTS) is 1. The summed E-state index contributed by atoms with van der Waals surface area (Å²) >= 11 is 3.19. The number of amides is 1. The van der Waals surface area contributed by atoms with Crippen LogP contribution < -0.4 is 10.6 Å². The molecule has 23 heavy (non-hydrogen) atoms. The quantitative estimate of drug-likeness (QED) is 0.401. The second kappa shape index (κ2) is 7.55. The molecule has 1 heterocycles. The first-order chi connectivity index (χ1) is 10.9. The number of hydrogen-bond acceptors (Lipinski definition) is 6. The highest BCUT2D eigenvalue weighted by atomic mass is 79.9. The Morgan fingerprint density at radius 3 is 2.78 bits per heavy atom. The Balaban J connectivity index is 2.16. The Kier molecular flexibility index (Phi) is 5.72. The number of aromatic nitrogens is 1. The van der Waals surface area contributed by atoms with Crippen molar-refractivity contribution in [2.24, 2.45) is 0 Å². The summed E-state index contributed by atoms with van der Waals surface area (Å²) in [6, 6.07) is 1.11. The maximum Gasteiger partial charge on any atom is 0.404 e. The molecule has 1 aromatic heterocycles. The van der Waals surface area contributed by atoms with Gasteiger partial charge in [0, 0.05) is 25.3 Å². The van der Waals surface area contributed by atoms with E-state index in [0.717, 1.165) is 0 Å². The van der Waals surface area contributed by atoms with Crippen LogP contribution in [-0.4, -0.2) is 46.4 Å². The fourth-order valence-electron chi connectivity index (χ4n) is 2.77. The Morgan fingerprint density at radius 1 is 1.48 bits per heavy atom. The van der Waals surface area contributed by atoms with Crippen molar-refractivity contribution in [3.63, 3.8) is 0 Å². The molecule has 1 aromatic rings. The van der Waals surface area contributed by atoms with E-state index in [1.165, 1.54) is 12.3 Å². The van der Waals surface area contributed by atoms with Gasteiger partial charge in [-0.1, -0.05) is 0 Å². The lowest BCUT2D eigenvalue weighted by atomic mass is 9.88. The van der Waals surface area contributed by atoms with E-state index in [0.29, 0.717) is 29.6 Å². The molecule has 3 N–H and O–H groups in total. The van der Waals surface area contributed by atoms with Gasteiger partial charge in [-0.15, -0.1) is 0 Å². The lowest BCUT2D eigenvalue weighted by Gasteiger charge is -2.34. The molecule has 9 nitrogen and oxygen atoms in total. The van der Waals surface area contributed by atoms with Crippen molar-refractivity contribution in [1.29, 1.82) is 0 Å². The largest absolute Gasteiger partial charge is 0.465 e. The van der Waals surface area contributed by atoms with E-state index in [4.69, 9.17) is 9.84 Å². The Morgan fingerprint density at radius 2 is 2.17 bits per heavy atom. The molecule has 2 rings (SSSR count). The summed E-state index contributed by atoms with van der Waals surface area (Å²) in [6.45, 7) is 0. The van der Waals surface area contributed by atoms with E-state index < -0.39 is 11.0 Å². The number of anilines is 1. The third-order valence-electron chi connectivity index (χ3n) is 3.73. The summed E-state index contributed by atoms with van der Waals surface area (Å²) < 4.78 is 5.82. The molecule has 0 spiro atoms. The third kappa shape index (κ3) is 4.76. The first-order valence-electron chi connectivity index (χ1n) is 6.97. The second-order valence-corrected chi connectivity index (χ2v) is 6.15. The molecule has 0 radical (unpaired) electrons. The van der Waals surface area contributed by atoms with Crippen molar-refractivity contribution in [2.45, 2.75) is 37.5 Å². The highest BCUT2D eigenvalue weighted by Crippen LogP contribution is 2.30.